The smallest absolute Gasteiger partial charge is 0.166 e. The van der Waals surface area contributed by atoms with Crippen molar-refractivity contribution in [3.63, 3.8) is 0 Å². The number of hydrogen-bond acceptors (Lipinski definition) is 5. The van der Waals surface area contributed by atoms with Gasteiger partial charge in [0.2, 0.25) is 0 Å². The molecule has 3 aromatic rings. The number of halogens is 3. The van der Waals surface area contributed by atoms with E-state index in [-0.39, 0.29) is 12.4 Å². The zero-order valence-corrected chi connectivity index (χ0v) is 21.9. The van der Waals surface area contributed by atoms with Crippen LogP contribution in [0.5, 0.6) is 23.0 Å². The predicted octanol–water partition coefficient (Wildman–Crippen LogP) is 6.74. The Kier molecular flexibility index (Phi) is 11.6. The van der Waals surface area contributed by atoms with Crippen LogP contribution in [0.4, 0.5) is 0 Å². The van der Waals surface area contributed by atoms with Gasteiger partial charge in [0.1, 0.15) is 6.61 Å². The minimum Gasteiger partial charge on any atom is -0.493 e. The molecule has 3 rings (SSSR count). The van der Waals surface area contributed by atoms with Gasteiger partial charge in [0.25, 0.3) is 0 Å². The van der Waals surface area contributed by atoms with Gasteiger partial charge in [-0.1, -0.05) is 47.5 Å². The van der Waals surface area contributed by atoms with Crippen LogP contribution in [0, 0.1) is 0 Å². The van der Waals surface area contributed by atoms with Gasteiger partial charge in [-0.3, -0.25) is 0 Å². The SMILES string of the molecule is CCOc1cccc(CNCCc2ccc(OC)c(OC)c2)c1OCc1ccc(Cl)cc1Cl.Cl. The lowest BCUT2D eigenvalue weighted by atomic mass is 10.1. The van der Waals surface area contributed by atoms with Crippen LogP contribution < -0.4 is 24.3 Å². The highest BCUT2D eigenvalue weighted by Crippen LogP contribution is 2.33. The maximum absolute atomic E-state index is 6.31. The Balaban J connectivity index is 0.00000408. The van der Waals surface area contributed by atoms with Gasteiger partial charge in [0.15, 0.2) is 23.0 Å². The van der Waals surface area contributed by atoms with E-state index in [0.717, 1.165) is 41.2 Å². The Bertz CT molecular complexity index is 1060. The molecule has 5 nitrogen and oxygen atoms in total. The third-order valence-electron chi connectivity index (χ3n) is 5.10. The van der Waals surface area contributed by atoms with E-state index in [0.29, 0.717) is 41.3 Å². The molecule has 0 aliphatic rings. The molecule has 1 N–H and O–H groups in total. The lowest BCUT2D eigenvalue weighted by molar-refractivity contribution is 0.266. The molecule has 0 aliphatic heterocycles. The molecule has 0 aromatic heterocycles. The maximum Gasteiger partial charge on any atom is 0.166 e. The van der Waals surface area contributed by atoms with Crippen molar-refractivity contribution in [3.8, 4) is 23.0 Å². The van der Waals surface area contributed by atoms with Crippen molar-refractivity contribution in [2.24, 2.45) is 0 Å². The fraction of sp³-hybridized carbons (Fsp3) is 0.308. The molecule has 3 aromatic carbocycles. The second kappa shape index (κ2) is 14.2. The summed E-state index contributed by atoms with van der Waals surface area (Å²) in [5.74, 6) is 2.88. The first-order valence-electron chi connectivity index (χ1n) is 10.8. The average molecular weight is 527 g/mol. The van der Waals surface area contributed by atoms with E-state index in [1.807, 2.05) is 49.4 Å². The van der Waals surface area contributed by atoms with Gasteiger partial charge >= 0.3 is 0 Å². The van der Waals surface area contributed by atoms with E-state index in [1.165, 1.54) is 0 Å². The molecule has 0 radical (unpaired) electrons. The topological polar surface area (TPSA) is 49.0 Å². The summed E-state index contributed by atoms with van der Waals surface area (Å²) >= 11 is 12.3. The summed E-state index contributed by atoms with van der Waals surface area (Å²) in [5.41, 5.74) is 3.04. The van der Waals surface area contributed by atoms with Gasteiger partial charge in [-0.25, -0.2) is 0 Å². The summed E-state index contributed by atoms with van der Waals surface area (Å²) in [6.45, 7) is 4.25. The Morgan fingerprint density at radius 2 is 1.62 bits per heavy atom. The zero-order valence-electron chi connectivity index (χ0n) is 19.5. The standard InChI is InChI=1S/C26H29Cl2NO4.ClH/c1-4-32-24-7-5-6-19(26(24)33-17-20-9-10-21(27)15-22(20)28)16-29-13-12-18-8-11-23(30-2)25(14-18)31-3;/h5-11,14-15,29H,4,12-13,16-17H2,1-3H3;1H. The molecule has 34 heavy (non-hydrogen) atoms. The first kappa shape index (κ1) is 27.9. The first-order chi connectivity index (χ1) is 16.0. The van der Waals surface area contributed by atoms with Crippen LogP contribution in [-0.2, 0) is 19.6 Å². The number of benzene rings is 3. The largest absolute Gasteiger partial charge is 0.493 e. The van der Waals surface area contributed by atoms with Crippen LogP contribution in [0.25, 0.3) is 0 Å². The van der Waals surface area contributed by atoms with Crippen LogP contribution in [0.3, 0.4) is 0 Å². The van der Waals surface area contributed by atoms with E-state index in [2.05, 4.69) is 5.32 Å². The van der Waals surface area contributed by atoms with Gasteiger partial charge in [0, 0.05) is 27.7 Å². The van der Waals surface area contributed by atoms with Crippen molar-refractivity contribution in [2.45, 2.75) is 26.5 Å². The fourth-order valence-corrected chi connectivity index (χ4v) is 3.88. The third-order valence-corrected chi connectivity index (χ3v) is 5.69. The van der Waals surface area contributed by atoms with Gasteiger partial charge in [-0.15, -0.1) is 12.4 Å². The van der Waals surface area contributed by atoms with Crippen molar-refractivity contribution in [2.75, 3.05) is 27.4 Å². The van der Waals surface area contributed by atoms with Crippen LogP contribution in [0.15, 0.2) is 54.6 Å². The molecular weight excluding hydrogens is 497 g/mol. The summed E-state index contributed by atoms with van der Waals surface area (Å²) in [7, 11) is 3.28. The number of nitrogens with one attached hydrogen (secondary N) is 1. The highest BCUT2D eigenvalue weighted by atomic mass is 35.5. The molecule has 8 heteroatoms. The third kappa shape index (κ3) is 7.60. The van der Waals surface area contributed by atoms with Crippen LogP contribution in [0.1, 0.15) is 23.6 Å². The number of rotatable bonds is 12. The molecule has 0 fully saturated rings. The van der Waals surface area contributed by atoms with Crippen molar-refractivity contribution in [1.82, 2.24) is 5.32 Å². The molecule has 0 heterocycles. The summed E-state index contributed by atoms with van der Waals surface area (Å²) in [4.78, 5) is 0. The quantitative estimate of drug-likeness (QED) is 0.265. The molecule has 0 unspecified atom stereocenters. The normalized spacial score (nSPS) is 10.4. The number of hydrogen-bond donors (Lipinski definition) is 1. The molecule has 184 valence electrons. The monoisotopic (exact) mass is 525 g/mol. The highest BCUT2D eigenvalue weighted by molar-refractivity contribution is 6.35. The molecule has 0 atom stereocenters. The van der Waals surface area contributed by atoms with Crippen molar-refractivity contribution < 1.29 is 18.9 Å². The van der Waals surface area contributed by atoms with Crippen molar-refractivity contribution >= 4 is 35.6 Å². The Hall–Kier alpha value is -2.31. The molecule has 0 bridgehead atoms. The number of para-hydroxylation sites is 1. The summed E-state index contributed by atoms with van der Waals surface area (Å²) in [6, 6.07) is 17.3. The molecular formula is C26H30Cl3NO4. The van der Waals surface area contributed by atoms with E-state index < -0.39 is 0 Å². The molecule has 0 amide bonds. The minimum atomic E-state index is 0. The van der Waals surface area contributed by atoms with E-state index in [9.17, 15) is 0 Å². The van der Waals surface area contributed by atoms with Gasteiger partial charge in [0.05, 0.1) is 20.8 Å². The second-order valence-electron chi connectivity index (χ2n) is 7.32. The summed E-state index contributed by atoms with van der Waals surface area (Å²) in [6.07, 6.45) is 0.849. The van der Waals surface area contributed by atoms with Crippen LogP contribution in [-0.4, -0.2) is 27.4 Å². The van der Waals surface area contributed by atoms with Gasteiger partial charge < -0.3 is 24.3 Å². The van der Waals surface area contributed by atoms with Crippen molar-refractivity contribution in [1.29, 1.82) is 0 Å². The van der Waals surface area contributed by atoms with E-state index in [4.69, 9.17) is 42.1 Å². The Labute approximate surface area is 217 Å². The molecule has 0 saturated heterocycles. The highest BCUT2D eigenvalue weighted by Gasteiger charge is 2.13. The summed E-state index contributed by atoms with van der Waals surface area (Å²) in [5, 5.41) is 4.66. The number of methoxy groups -OCH3 is 2. The molecule has 0 spiro atoms. The molecule has 0 saturated carbocycles. The number of ether oxygens (including phenoxy) is 4. The van der Waals surface area contributed by atoms with Crippen molar-refractivity contribution in [3.05, 3.63) is 81.3 Å². The Morgan fingerprint density at radius 3 is 2.32 bits per heavy atom. The van der Waals surface area contributed by atoms with Crippen LogP contribution in [0.2, 0.25) is 10.0 Å². The predicted molar refractivity (Wildman–Crippen MR) is 141 cm³/mol. The lowest BCUT2D eigenvalue weighted by Gasteiger charge is -2.17. The Morgan fingerprint density at radius 1 is 0.824 bits per heavy atom. The minimum absolute atomic E-state index is 0. The molecule has 0 aliphatic carbocycles. The fourth-order valence-electron chi connectivity index (χ4n) is 3.41. The zero-order chi connectivity index (χ0) is 23.6. The van der Waals surface area contributed by atoms with Gasteiger partial charge in [-0.05, 0) is 55.8 Å². The first-order valence-corrected chi connectivity index (χ1v) is 11.5. The van der Waals surface area contributed by atoms with Gasteiger partial charge in [-0.2, -0.15) is 0 Å². The maximum atomic E-state index is 6.31. The average Bonchev–Trinajstić information content (AvgIpc) is 2.82. The summed E-state index contributed by atoms with van der Waals surface area (Å²) < 4.78 is 22.7. The van der Waals surface area contributed by atoms with E-state index in [1.54, 1.807) is 26.4 Å². The van der Waals surface area contributed by atoms with Crippen LogP contribution >= 0.6 is 35.6 Å². The van der Waals surface area contributed by atoms with E-state index >= 15 is 0 Å². The lowest BCUT2D eigenvalue weighted by Crippen LogP contribution is -2.17. The second-order valence-corrected chi connectivity index (χ2v) is 8.16.